The zero-order valence-electron chi connectivity index (χ0n) is 32.8. The molecule has 0 unspecified atom stereocenters. The maximum Gasteiger partial charge on any atom is 0.219 e. The van der Waals surface area contributed by atoms with E-state index in [9.17, 15) is 29.4 Å². The van der Waals surface area contributed by atoms with Crippen molar-refractivity contribution in [3.8, 4) is 0 Å². The first-order valence-corrected chi connectivity index (χ1v) is 21.0. The van der Waals surface area contributed by atoms with Gasteiger partial charge in [0.25, 0.3) is 0 Å². The first-order valence-electron chi connectivity index (χ1n) is 21.0. The summed E-state index contributed by atoms with van der Waals surface area (Å²) in [4.78, 5) is 45.6. The third-order valence-corrected chi connectivity index (χ3v) is 9.37. The maximum atomic E-state index is 12.1. The van der Waals surface area contributed by atoms with Gasteiger partial charge in [-0.25, -0.2) is 0 Å². The number of amides is 4. The Bertz CT molecular complexity index is 867. The van der Waals surface area contributed by atoms with E-state index >= 15 is 0 Å². The Kier molecular flexibility index (Phi) is 36.0. The number of nitrogens with one attached hydrogen (secondary N) is 2. The van der Waals surface area contributed by atoms with Crippen LogP contribution in [0.3, 0.4) is 0 Å². The van der Waals surface area contributed by atoms with Gasteiger partial charge in [0.1, 0.15) is 0 Å². The van der Waals surface area contributed by atoms with Gasteiger partial charge in [-0.05, 0) is 89.9 Å². The summed E-state index contributed by atoms with van der Waals surface area (Å²) in [7, 11) is 0. The highest BCUT2D eigenvalue weighted by Gasteiger charge is 2.05. The van der Waals surface area contributed by atoms with Gasteiger partial charge in [-0.15, -0.1) is 0 Å². The maximum absolute atomic E-state index is 12.1. The number of rotatable bonds is 39. The van der Waals surface area contributed by atoms with Gasteiger partial charge in [0, 0.05) is 38.8 Å². The standard InChI is InChI=1S/C42H78N4O6/c43-39(49)31-21-15-19-29-37(47)27-17-9-5-1-3-7-11-23-33-41(51)45-35-25-13-14-26-36-46-42(52)34-24-12-8-4-2-6-10-18-28-38(48)30-20-16-22-32-40(44)50/h9-10,17-18,37-38,47-48H,1-8,11-16,19-36H2,(H2,43,49)(H2,44,50)(H,45,51)(H,46,52)/b17-9-,18-10-/t37-,38-/m0/s1. The van der Waals surface area contributed by atoms with Crippen LogP contribution < -0.4 is 22.1 Å². The summed E-state index contributed by atoms with van der Waals surface area (Å²) in [5.74, 6) is -0.219. The van der Waals surface area contributed by atoms with Crippen molar-refractivity contribution in [3.05, 3.63) is 24.3 Å². The van der Waals surface area contributed by atoms with Gasteiger partial charge in [0.2, 0.25) is 23.6 Å². The van der Waals surface area contributed by atoms with Crippen molar-refractivity contribution in [3.63, 3.8) is 0 Å². The number of hydrogen-bond acceptors (Lipinski definition) is 6. The molecule has 0 bridgehead atoms. The summed E-state index contributed by atoms with van der Waals surface area (Å²) >= 11 is 0. The molecule has 10 heteroatoms. The van der Waals surface area contributed by atoms with Crippen LogP contribution in [0.25, 0.3) is 0 Å². The summed E-state index contributed by atoms with van der Waals surface area (Å²) in [5.41, 5.74) is 10.3. The lowest BCUT2D eigenvalue weighted by molar-refractivity contribution is -0.122. The van der Waals surface area contributed by atoms with Gasteiger partial charge in [-0.1, -0.05) is 101 Å². The van der Waals surface area contributed by atoms with Crippen molar-refractivity contribution >= 4 is 23.6 Å². The molecule has 0 radical (unpaired) electrons. The molecule has 0 aliphatic carbocycles. The lowest BCUT2D eigenvalue weighted by Crippen LogP contribution is -2.24. The van der Waals surface area contributed by atoms with Crippen LogP contribution in [0.4, 0.5) is 0 Å². The lowest BCUT2D eigenvalue weighted by Gasteiger charge is -2.07. The predicted octanol–water partition coefficient (Wildman–Crippen LogP) is 7.73. The van der Waals surface area contributed by atoms with E-state index in [4.69, 9.17) is 11.5 Å². The second kappa shape index (κ2) is 38.0. The van der Waals surface area contributed by atoms with Gasteiger partial charge in [0.15, 0.2) is 0 Å². The van der Waals surface area contributed by atoms with Crippen LogP contribution in [0.15, 0.2) is 24.3 Å². The summed E-state index contributed by atoms with van der Waals surface area (Å²) in [6.07, 6.45) is 35.1. The topological polar surface area (TPSA) is 185 Å². The quantitative estimate of drug-likeness (QED) is 0.0277. The molecule has 0 saturated heterocycles. The molecule has 0 heterocycles. The fourth-order valence-corrected chi connectivity index (χ4v) is 6.08. The van der Waals surface area contributed by atoms with Crippen molar-refractivity contribution in [2.24, 2.45) is 11.5 Å². The van der Waals surface area contributed by atoms with E-state index in [0.717, 1.165) is 167 Å². The molecule has 0 fully saturated rings. The van der Waals surface area contributed by atoms with E-state index in [1.54, 1.807) is 0 Å². The monoisotopic (exact) mass is 735 g/mol. The van der Waals surface area contributed by atoms with Gasteiger partial charge in [-0.2, -0.15) is 0 Å². The van der Waals surface area contributed by atoms with Crippen LogP contribution in [-0.4, -0.2) is 59.1 Å². The fourth-order valence-electron chi connectivity index (χ4n) is 6.08. The fraction of sp³-hybridized carbons (Fsp3) is 0.810. The van der Waals surface area contributed by atoms with Crippen LogP contribution >= 0.6 is 0 Å². The molecule has 4 amide bonds. The highest BCUT2D eigenvalue weighted by Crippen LogP contribution is 2.12. The number of primary amides is 2. The number of unbranched alkanes of at least 4 members (excludes halogenated alkanes) is 17. The molecule has 302 valence electrons. The van der Waals surface area contributed by atoms with E-state index in [1.165, 1.54) is 0 Å². The first kappa shape index (κ1) is 49.3. The second-order valence-electron chi connectivity index (χ2n) is 14.6. The number of allylic oxidation sites excluding steroid dienone is 2. The molecule has 8 N–H and O–H groups in total. The smallest absolute Gasteiger partial charge is 0.219 e. The van der Waals surface area contributed by atoms with Crippen molar-refractivity contribution in [1.82, 2.24) is 10.6 Å². The number of carbonyl (C=O) groups is 4. The summed E-state index contributed by atoms with van der Waals surface area (Å²) in [5, 5.41) is 26.1. The lowest BCUT2D eigenvalue weighted by atomic mass is 10.1. The molecule has 0 aromatic carbocycles. The third-order valence-electron chi connectivity index (χ3n) is 9.37. The largest absolute Gasteiger partial charge is 0.393 e. The molecule has 2 atom stereocenters. The molecular formula is C42H78N4O6. The minimum Gasteiger partial charge on any atom is -0.393 e. The molecular weight excluding hydrogens is 656 g/mol. The van der Waals surface area contributed by atoms with E-state index in [2.05, 4.69) is 34.9 Å². The third kappa shape index (κ3) is 40.1. The molecule has 0 aliphatic heterocycles. The molecule has 0 aliphatic rings. The summed E-state index contributed by atoms with van der Waals surface area (Å²) in [6.45, 7) is 1.45. The van der Waals surface area contributed by atoms with Gasteiger partial charge in [-0.3, -0.25) is 19.2 Å². The van der Waals surface area contributed by atoms with Crippen molar-refractivity contribution < 1.29 is 29.4 Å². The molecule has 0 rings (SSSR count). The Hall–Kier alpha value is -2.72. The van der Waals surface area contributed by atoms with Crippen LogP contribution in [0.5, 0.6) is 0 Å². The van der Waals surface area contributed by atoms with Crippen LogP contribution in [0, 0.1) is 0 Å². The van der Waals surface area contributed by atoms with E-state index in [-0.39, 0.29) is 35.8 Å². The average Bonchev–Trinajstić information content (AvgIpc) is 3.10. The second-order valence-corrected chi connectivity index (χ2v) is 14.6. The number of hydrogen-bond donors (Lipinski definition) is 6. The summed E-state index contributed by atoms with van der Waals surface area (Å²) < 4.78 is 0. The van der Waals surface area contributed by atoms with Crippen LogP contribution in [0.2, 0.25) is 0 Å². The molecule has 10 nitrogen and oxygen atoms in total. The number of aliphatic hydroxyl groups is 2. The Labute approximate surface area is 316 Å². The van der Waals surface area contributed by atoms with E-state index < -0.39 is 0 Å². The molecule has 52 heavy (non-hydrogen) atoms. The zero-order valence-corrected chi connectivity index (χ0v) is 32.8. The van der Waals surface area contributed by atoms with Gasteiger partial charge < -0.3 is 32.3 Å². The molecule has 0 saturated carbocycles. The molecule has 0 spiro atoms. The number of carbonyl (C=O) groups excluding carboxylic acids is 4. The predicted molar refractivity (Wildman–Crippen MR) is 213 cm³/mol. The minimum absolute atomic E-state index is 0.146. The normalized spacial score (nSPS) is 12.7. The molecule has 0 aromatic rings. The minimum atomic E-state index is -0.308. The highest BCUT2D eigenvalue weighted by molar-refractivity contribution is 5.76. The molecule has 0 aromatic heterocycles. The van der Waals surface area contributed by atoms with Crippen LogP contribution in [0.1, 0.15) is 193 Å². The number of nitrogens with two attached hydrogens (primary N) is 2. The highest BCUT2D eigenvalue weighted by atomic mass is 16.3. The Morgan fingerprint density at radius 1 is 0.423 bits per heavy atom. The van der Waals surface area contributed by atoms with Crippen molar-refractivity contribution in [1.29, 1.82) is 0 Å². The Morgan fingerprint density at radius 2 is 0.750 bits per heavy atom. The van der Waals surface area contributed by atoms with E-state index in [0.29, 0.717) is 38.5 Å². The Balaban J connectivity index is 3.41. The van der Waals surface area contributed by atoms with E-state index in [1.807, 2.05) is 0 Å². The average molecular weight is 735 g/mol. The zero-order chi connectivity index (χ0) is 38.3. The first-order chi connectivity index (χ1) is 25.2. The van der Waals surface area contributed by atoms with Gasteiger partial charge >= 0.3 is 0 Å². The summed E-state index contributed by atoms with van der Waals surface area (Å²) in [6, 6.07) is 0. The number of aliphatic hydroxyl groups excluding tert-OH is 2. The Morgan fingerprint density at radius 3 is 1.15 bits per heavy atom. The van der Waals surface area contributed by atoms with Crippen molar-refractivity contribution in [2.45, 2.75) is 205 Å². The van der Waals surface area contributed by atoms with Gasteiger partial charge in [0.05, 0.1) is 12.2 Å². The van der Waals surface area contributed by atoms with Crippen LogP contribution in [-0.2, 0) is 19.2 Å². The SMILES string of the molecule is NC(=O)CCCCC[C@@H](O)C/C=C\CCCCCCCC(=O)NCCCCCCNC(=O)CCCCCCC/C=C\C[C@H](O)CCCCCC(N)=O. The van der Waals surface area contributed by atoms with Crippen molar-refractivity contribution in [2.75, 3.05) is 13.1 Å².